The van der Waals surface area contributed by atoms with E-state index >= 15 is 0 Å². The lowest BCUT2D eigenvalue weighted by Gasteiger charge is -2.34. The van der Waals surface area contributed by atoms with Crippen molar-refractivity contribution in [3.8, 4) is 0 Å². The third-order valence-corrected chi connectivity index (χ3v) is 3.31. The molecular formula is C11H21N3O3. The lowest BCUT2D eigenvalue weighted by Crippen LogP contribution is -2.51. The molecule has 0 radical (unpaired) electrons. The maximum atomic E-state index is 12.0. The summed E-state index contributed by atoms with van der Waals surface area (Å²) in [6.07, 6.45) is 0. The molecule has 6 nitrogen and oxygen atoms in total. The Morgan fingerprint density at radius 2 is 1.76 bits per heavy atom. The molecule has 0 aromatic rings. The van der Waals surface area contributed by atoms with E-state index in [4.69, 9.17) is 9.57 Å². The number of ether oxygens (including phenoxy) is 1. The van der Waals surface area contributed by atoms with Crippen LogP contribution in [0, 0.1) is 0 Å². The van der Waals surface area contributed by atoms with Crippen LogP contribution in [0.5, 0.6) is 0 Å². The fourth-order valence-corrected chi connectivity index (χ4v) is 2.17. The average molecular weight is 243 g/mol. The number of hydrogen-bond donors (Lipinski definition) is 0. The molecule has 0 aromatic heterocycles. The number of morpholine rings is 1. The van der Waals surface area contributed by atoms with Gasteiger partial charge in [-0.05, 0) is 0 Å². The van der Waals surface area contributed by atoms with Gasteiger partial charge in [-0.2, -0.15) is 5.06 Å². The smallest absolute Gasteiger partial charge is 0.236 e. The van der Waals surface area contributed by atoms with Crippen LogP contribution in [-0.4, -0.2) is 86.9 Å². The fraction of sp³-hybridized carbons (Fsp3) is 0.909. The number of nitrogens with zero attached hydrogens (tertiary/aromatic N) is 3. The third kappa shape index (κ3) is 3.64. The van der Waals surface area contributed by atoms with Gasteiger partial charge in [0.15, 0.2) is 0 Å². The molecule has 0 aliphatic carbocycles. The van der Waals surface area contributed by atoms with Crippen LogP contribution >= 0.6 is 0 Å². The number of piperazine rings is 1. The van der Waals surface area contributed by atoms with Gasteiger partial charge in [0.2, 0.25) is 5.91 Å². The van der Waals surface area contributed by atoms with Crippen molar-refractivity contribution in [3.63, 3.8) is 0 Å². The van der Waals surface area contributed by atoms with Gasteiger partial charge < -0.3 is 14.5 Å². The van der Waals surface area contributed by atoms with Crippen molar-refractivity contribution in [1.82, 2.24) is 14.9 Å². The molecular weight excluding hydrogens is 222 g/mol. The van der Waals surface area contributed by atoms with Gasteiger partial charge in [0.05, 0.1) is 26.9 Å². The van der Waals surface area contributed by atoms with E-state index in [-0.39, 0.29) is 5.91 Å². The second-order valence-electron chi connectivity index (χ2n) is 4.38. The summed E-state index contributed by atoms with van der Waals surface area (Å²) < 4.78 is 5.24. The number of rotatable bonds is 3. The lowest BCUT2D eigenvalue weighted by atomic mass is 10.3. The molecule has 6 heteroatoms. The zero-order valence-electron chi connectivity index (χ0n) is 10.4. The van der Waals surface area contributed by atoms with Gasteiger partial charge >= 0.3 is 0 Å². The van der Waals surface area contributed by atoms with Crippen molar-refractivity contribution in [3.05, 3.63) is 0 Å². The normalized spacial score (nSPS) is 23.9. The highest BCUT2D eigenvalue weighted by Gasteiger charge is 2.22. The van der Waals surface area contributed by atoms with Gasteiger partial charge in [-0.3, -0.25) is 9.69 Å². The maximum absolute atomic E-state index is 12.0. The molecule has 0 saturated carbocycles. The Hall–Kier alpha value is -0.690. The summed E-state index contributed by atoms with van der Waals surface area (Å²) >= 11 is 0. The van der Waals surface area contributed by atoms with E-state index in [0.717, 1.165) is 39.3 Å². The molecule has 2 aliphatic rings. The number of hydrogen-bond acceptors (Lipinski definition) is 5. The average Bonchev–Trinajstić information content (AvgIpc) is 2.40. The van der Waals surface area contributed by atoms with Crippen LogP contribution in [-0.2, 0) is 14.4 Å². The predicted octanol–water partition coefficient (Wildman–Crippen LogP) is -0.976. The van der Waals surface area contributed by atoms with Gasteiger partial charge in [-0.25, -0.2) is 0 Å². The first-order valence-electron chi connectivity index (χ1n) is 6.16. The molecule has 2 rings (SSSR count). The molecule has 2 fully saturated rings. The fourth-order valence-electron chi connectivity index (χ4n) is 2.17. The van der Waals surface area contributed by atoms with Crippen LogP contribution < -0.4 is 0 Å². The standard InChI is InChI=1S/C11H21N3O3/c1-16-14-4-2-12(3-5-14)10-11(15)13-6-8-17-9-7-13/h2-10H2,1H3. The Morgan fingerprint density at radius 1 is 1.12 bits per heavy atom. The van der Waals surface area contributed by atoms with E-state index in [0.29, 0.717) is 19.8 Å². The first-order chi connectivity index (χ1) is 8.29. The second-order valence-corrected chi connectivity index (χ2v) is 4.38. The largest absolute Gasteiger partial charge is 0.378 e. The molecule has 0 spiro atoms. The SMILES string of the molecule is CON1CCN(CC(=O)N2CCOCC2)CC1. The molecule has 2 saturated heterocycles. The van der Waals surface area contributed by atoms with Crippen molar-refractivity contribution in [2.45, 2.75) is 0 Å². The van der Waals surface area contributed by atoms with Crippen LogP contribution in [0.25, 0.3) is 0 Å². The van der Waals surface area contributed by atoms with Gasteiger partial charge in [0.25, 0.3) is 0 Å². The van der Waals surface area contributed by atoms with Crippen molar-refractivity contribution in [2.24, 2.45) is 0 Å². The number of carbonyl (C=O) groups excluding carboxylic acids is 1. The van der Waals surface area contributed by atoms with Gasteiger partial charge in [0.1, 0.15) is 0 Å². The first-order valence-corrected chi connectivity index (χ1v) is 6.16. The second kappa shape index (κ2) is 6.30. The highest BCUT2D eigenvalue weighted by atomic mass is 16.7. The number of amides is 1. The maximum Gasteiger partial charge on any atom is 0.236 e. The quantitative estimate of drug-likeness (QED) is 0.638. The molecule has 0 aromatic carbocycles. The van der Waals surface area contributed by atoms with E-state index in [2.05, 4.69) is 4.90 Å². The summed E-state index contributed by atoms with van der Waals surface area (Å²) in [6.45, 7) is 6.85. The molecule has 0 N–H and O–H groups in total. The van der Waals surface area contributed by atoms with Crippen LogP contribution in [0.3, 0.4) is 0 Å². The van der Waals surface area contributed by atoms with Crippen LogP contribution in [0.4, 0.5) is 0 Å². The Labute approximate surface area is 102 Å². The third-order valence-electron chi connectivity index (χ3n) is 3.31. The van der Waals surface area contributed by atoms with Crippen molar-refractivity contribution >= 4 is 5.91 Å². The molecule has 1 amide bonds. The monoisotopic (exact) mass is 243 g/mol. The van der Waals surface area contributed by atoms with E-state index in [9.17, 15) is 4.79 Å². The van der Waals surface area contributed by atoms with E-state index < -0.39 is 0 Å². The highest BCUT2D eigenvalue weighted by molar-refractivity contribution is 5.78. The van der Waals surface area contributed by atoms with Crippen LogP contribution in [0.2, 0.25) is 0 Å². The molecule has 2 heterocycles. The van der Waals surface area contributed by atoms with Gasteiger partial charge in [0, 0.05) is 39.3 Å². The van der Waals surface area contributed by atoms with Crippen LogP contribution in [0.1, 0.15) is 0 Å². The molecule has 98 valence electrons. The first kappa shape index (κ1) is 12.8. The van der Waals surface area contributed by atoms with E-state index in [1.54, 1.807) is 7.11 Å². The number of hydroxylamine groups is 2. The summed E-state index contributed by atoms with van der Waals surface area (Å²) in [5.41, 5.74) is 0. The molecule has 2 aliphatic heterocycles. The molecule has 17 heavy (non-hydrogen) atoms. The Bertz CT molecular complexity index is 248. The van der Waals surface area contributed by atoms with Crippen LogP contribution in [0.15, 0.2) is 0 Å². The lowest BCUT2D eigenvalue weighted by molar-refractivity contribution is -0.156. The summed E-state index contributed by atoms with van der Waals surface area (Å²) in [7, 11) is 1.69. The molecule has 0 unspecified atom stereocenters. The van der Waals surface area contributed by atoms with Crippen molar-refractivity contribution in [1.29, 1.82) is 0 Å². The van der Waals surface area contributed by atoms with Crippen molar-refractivity contribution in [2.75, 3.05) is 66.1 Å². The number of carbonyl (C=O) groups is 1. The topological polar surface area (TPSA) is 45.2 Å². The van der Waals surface area contributed by atoms with E-state index in [1.807, 2.05) is 9.96 Å². The molecule has 0 bridgehead atoms. The minimum Gasteiger partial charge on any atom is -0.378 e. The zero-order chi connectivity index (χ0) is 12.1. The Kier molecular flexibility index (Phi) is 4.73. The summed E-state index contributed by atoms with van der Waals surface area (Å²) in [6, 6.07) is 0. The van der Waals surface area contributed by atoms with E-state index in [1.165, 1.54) is 0 Å². The van der Waals surface area contributed by atoms with Gasteiger partial charge in [-0.15, -0.1) is 0 Å². The molecule has 0 atom stereocenters. The zero-order valence-corrected chi connectivity index (χ0v) is 10.4. The minimum atomic E-state index is 0.221. The van der Waals surface area contributed by atoms with Gasteiger partial charge in [-0.1, -0.05) is 0 Å². The predicted molar refractivity (Wildman–Crippen MR) is 62.4 cm³/mol. The summed E-state index contributed by atoms with van der Waals surface area (Å²) in [4.78, 5) is 21.2. The summed E-state index contributed by atoms with van der Waals surface area (Å²) in [5, 5.41) is 1.93. The minimum absolute atomic E-state index is 0.221. The van der Waals surface area contributed by atoms with Crippen molar-refractivity contribution < 1.29 is 14.4 Å². The Morgan fingerprint density at radius 3 is 2.35 bits per heavy atom. The highest BCUT2D eigenvalue weighted by Crippen LogP contribution is 2.04. The summed E-state index contributed by atoms with van der Waals surface area (Å²) in [5.74, 6) is 0.221. The Balaban J connectivity index is 1.71.